The number of rotatable bonds is 5. The number of oxazole rings is 1. The fourth-order valence-corrected chi connectivity index (χ4v) is 2.79. The summed E-state index contributed by atoms with van der Waals surface area (Å²) in [4.78, 5) is 20.7. The summed E-state index contributed by atoms with van der Waals surface area (Å²) < 4.78 is 11.2. The van der Waals surface area contributed by atoms with Gasteiger partial charge < -0.3 is 14.5 Å². The molecule has 2 heterocycles. The lowest BCUT2D eigenvalue weighted by Gasteiger charge is -2.09. The van der Waals surface area contributed by atoms with Crippen molar-refractivity contribution in [3.63, 3.8) is 0 Å². The van der Waals surface area contributed by atoms with E-state index in [4.69, 9.17) is 20.8 Å². The van der Waals surface area contributed by atoms with Crippen molar-refractivity contribution in [1.82, 2.24) is 9.97 Å². The largest absolute Gasteiger partial charge is 0.484 e. The molecule has 2 aromatic heterocycles. The molecule has 1 N–H and O–H groups in total. The van der Waals surface area contributed by atoms with Crippen molar-refractivity contribution in [3.05, 3.63) is 71.4 Å². The topological polar surface area (TPSA) is 77.2 Å². The van der Waals surface area contributed by atoms with E-state index in [2.05, 4.69) is 15.3 Å². The Morgan fingerprint density at radius 3 is 2.89 bits per heavy atom. The second kappa shape index (κ2) is 7.70. The lowest BCUT2D eigenvalue weighted by Crippen LogP contribution is -2.20. The predicted molar refractivity (Wildman–Crippen MR) is 108 cm³/mol. The number of hydrogen-bond donors (Lipinski definition) is 1. The molecule has 6 nitrogen and oxygen atoms in total. The van der Waals surface area contributed by atoms with Gasteiger partial charge >= 0.3 is 0 Å². The number of benzene rings is 2. The fourth-order valence-electron chi connectivity index (χ4n) is 2.68. The molecule has 4 rings (SSSR count). The Balaban J connectivity index is 1.44. The van der Waals surface area contributed by atoms with Crippen molar-refractivity contribution in [1.29, 1.82) is 0 Å². The van der Waals surface area contributed by atoms with Crippen LogP contribution in [0.5, 0.6) is 5.75 Å². The highest BCUT2D eigenvalue weighted by atomic mass is 35.5. The highest BCUT2D eigenvalue weighted by Crippen LogP contribution is 2.25. The molecule has 0 saturated heterocycles. The predicted octanol–water partition coefficient (Wildman–Crippen LogP) is 4.87. The van der Waals surface area contributed by atoms with Crippen LogP contribution in [0, 0.1) is 6.92 Å². The Labute approximate surface area is 166 Å². The van der Waals surface area contributed by atoms with Gasteiger partial charge in [-0.25, -0.2) is 4.98 Å². The summed E-state index contributed by atoms with van der Waals surface area (Å²) in [6, 6.07) is 16.1. The number of pyridine rings is 1. The number of nitrogens with zero attached hydrogens (tertiary/aromatic N) is 2. The Kier molecular flexibility index (Phi) is 4.95. The van der Waals surface area contributed by atoms with Crippen LogP contribution in [-0.2, 0) is 4.79 Å². The van der Waals surface area contributed by atoms with Gasteiger partial charge in [-0.2, -0.15) is 4.98 Å². The summed E-state index contributed by atoms with van der Waals surface area (Å²) >= 11 is 5.99. The molecular formula is C21H16ClN3O3. The van der Waals surface area contributed by atoms with Crippen molar-refractivity contribution < 1.29 is 13.9 Å². The molecule has 0 atom stereocenters. The minimum Gasteiger partial charge on any atom is -0.484 e. The van der Waals surface area contributed by atoms with Crippen molar-refractivity contribution in [2.24, 2.45) is 0 Å². The van der Waals surface area contributed by atoms with E-state index in [1.807, 2.05) is 19.1 Å². The molecule has 28 heavy (non-hydrogen) atoms. The SMILES string of the molecule is Cc1cc(OCC(=O)Nc2cccc(-c3nc4ncccc4o3)c2)ccc1Cl. The second-order valence-electron chi connectivity index (χ2n) is 6.17. The summed E-state index contributed by atoms with van der Waals surface area (Å²) in [6.07, 6.45) is 1.66. The molecule has 4 aromatic rings. The van der Waals surface area contributed by atoms with E-state index in [-0.39, 0.29) is 12.5 Å². The van der Waals surface area contributed by atoms with Gasteiger partial charge in [0.25, 0.3) is 5.91 Å². The molecule has 140 valence electrons. The number of ether oxygens (including phenoxy) is 1. The van der Waals surface area contributed by atoms with E-state index >= 15 is 0 Å². The number of aryl methyl sites for hydroxylation is 1. The zero-order chi connectivity index (χ0) is 19.5. The van der Waals surface area contributed by atoms with Gasteiger partial charge in [0.2, 0.25) is 5.89 Å². The Morgan fingerprint density at radius 1 is 1.18 bits per heavy atom. The molecule has 0 aliphatic carbocycles. The van der Waals surface area contributed by atoms with Crippen LogP contribution in [0.1, 0.15) is 5.56 Å². The van der Waals surface area contributed by atoms with E-state index in [1.54, 1.807) is 48.7 Å². The third kappa shape index (κ3) is 3.97. The van der Waals surface area contributed by atoms with Gasteiger partial charge in [0, 0.05) is 22.5 Å². The summed E-state index contributed by atoms with van der Waals surface area (Å²) in [6.45, 7) is 1.76. The highest BCUT2D eigenvalue weighted by molar-refractivity contribution is 6.31. The first kappa shape index (κ1) is 18.0. The molecule has 7 heteroatoms. The van der Waals surface area contributed by atoms with Crippen LogP contribution in [0.3, 0.4) is 0 Å². The average molecular weight is 394 g/mol. The van der Waals surface area contributed by atoms with Gasteiger partial charge in [-0.15, -0.1) is 0 Å². The van der Waals surface area contributed by atoms with Crippen LogP contribution in [0.15, 0.2) is 65.2 Å². The third-order valence-electron chi connectivity index (χ3n) is 4.06. The van der Waals surface area contributed by atoms with Crippen molar-refractivity contribution in [2.75, 3.05) is 11.9 Å². The normalized spacial score (nSPS) is 10.8. The molecule has 0 radical (unpaired) electrons. The van der Waals surface area contributed by atoms with Gasteiger partial charge in [-0.3, -0.25) is 4.79 Å². The van der Waals surface area contributed by atoms with E-state index in [1.165, 1.54) is 0 Å². The van der Waals surface area contributed by atoms with E-state index in [0.29, 0.717) is 33.6 Å². The Morgan fingerprint density at radius 2 is 2.07 bits per heavy atom. The number of hydrogen-bond acceptors (Lipinski definition) is 5. The lowest BCUT2D eigenvalue weighted by atomic mass is 10.2. The summed E-state index contributed by atoms with van der Waals surface area (Å²) in [5.74, 6) is 0.756. The van der Waals surface area contributed by atoms with Crippen LogP contribution < -0.4 is 10.1 Å². The number of halogens is 1. The van der Waals surface area contributed by atoms with Crippen molar-refractivity contribution in [3.8, 4) is 17.2 Å². The fraction of sp³-hybridized carbons (Fsp3) is 0.0952. The molecule has 0 fully saturated rings. The van der Waals surface area contributed by atoms with Crippen LogP contribution in [0.2, 0.25) is 5.02 Å². The van der Waals surface area contributed by atoms with Gasteiger partial charge in [-0.05, 0) is 61.0 Å². The Bertz CT molecular complexity index is 1120. The van der Waals surface area contributed by atoms with Crippen molar-refractivity contribution >= 4 is 34.4 Å². The van der Waals surface area contributed by atoms with E-state index in [0.717, 1.165) is 11.1 Å². The van der Waals surface area contributed by atoms with Crippen LogP contribution in [0.25, 0.3) is 22.7 Å². The molecule has 0 aliphatic rings. The quantitative estimate of drug-likeness (QED) is 0.523. The standard InChI is InChI=1S/C21H16ClN3O3/c1-13-10-16(7-8-17(13)22)27-12-19(26)24-15-5-2-4-14(11-15)21-25-20-18(28-21)6-3-9-23-20/h2-11H,12H2,1H3,(H,24,26). The molecule has 0 spiro atoms. The van der Waals surface area contributed by atoms with Gasteiger partial charge in [0.1, 0.15) is 5.75 Å². The number of carbonyl (C=O) groups excluding carboxylic acids is 1. The van der Waals surface area contributed by atoms with Crippen LogP contribution >= 0.6 is 11.6 Å². The second-order valence-corrected chi connectivity index (χ2v) is 6.58. The number of carbonyl (C=O) groups is 1. The number of fused-ring (bicyclic) bond motifs is 1. The zero-order valence-electron chi connectivity index (χ0n) is 15.0. The maximum absolute atomic E-state index is 12.2. The highest BCUT2D eigenvalue weighted by Gasteiger charge is 2.10. The number of amides is 1. The molecular weight excluding hydrogens is 378 g/mol. The maximum Gasteiger partial charge on any atom is 0.262 e. The summed E-state index contributed by atoms with van der Waals surface area (Å²) in [7, 11) is 0. The minimum atomic E-state index is -0.274. The summed E-state index contributed by atoms with van der Waals surface area (Å²) in [5, 5.41) is 3.46. The third-order valence-corrected chi connectivity index (χ3v) is 4.48. The first-order chi connectivity index (χ1) is 13.6. The first-order valence-electron chi connectivity index (χ1n) is 8.59. The molecule has 0 unspecified atom stereocenters. The summed E-state index contributed by atoms with van der Waals surface area (Å²) in [5.41, 5.74) is 3.40. The zero-order valence-corrected chi connectivity index (χ0v) is 15.7. The Hall–Kier alpha value is -3.38. The number of nitrogens with one attached hydrogen (secondary N) is 1. The van der Waals surface area contributed by atoms with Crippen LogP contribution in [0.4, 0.5) is 5.69 Å². The molecule has 1 amide bonds. The smallest absolute Gasteiger partial charge is 0.262 e. The number of anilines is 1. The lowest BCUT2D eigenvalue weighted by molar-refractivity contribution is -0.118. The van der Waals surface area contributed by atoms with Gasteiger partial charge in [0.15, 0.2) is 17.8 Å². The molecule has 0 aliphatic heterocycles. The molecule has 0 saturated carbocycles. The van der Waals surface area contributed by atoms with E-state index < -0.39 is 0 Å². The molecule has 0 bridgehead atoms. The molecule has 2 aromatic carbocycles. The van der Waals surface area contributed by atoms with Gasteiger partial charge in [0.05, 0.1) is 0 Å². The first-order valence-corrected chi connectivity index (χ1v) is 8.97. The monoisotopic (exact) mass is 393 g/mol. The maximum atomic E-state index is 12.2. The number of aromatic nitrogens is 2. The van der Waals surface area contributed by atoms with Gasteiger partial charge in [-0.1, -0.05) is 17.7 Å². The average Bonchev–Trinajstić information content (AvgIpc) is 3.13. The van der Waals surface area contributed by atoms with E-state index in [9.17, 15) is 4.79 Å². The van der Waals surface area contributed by atoms with Crippen molar-refractivity contribution in [2.45, 2.75) is 6.92 Å². The minimum absolute atomic E-state index is 0.113. The van der Waals surface area contributed by atoms with Crippen LogP contribution in [-0.4, -0.2) is 22.5 Å².